The highest BCUT2D eigenvalue weighted by molar-refractivity contribution is 7.09. The molecule has 1 aromatic heterocycles. The molecule has 2 saturated heterocycles. The minimum absolute atomic E-state index is 0.00789. The van der Waals surface area contributed by atoms with Gasteiger partial charge in [-0.2, -0.15) is 0 Å². The summed E-state index contributed by atoms with van der Waals surface area (Å²) < 4.78 is 5.37. The maximum Gasteiger partial charge on any atom is 0.239 e. The van der Waals surface area contributed by atoms with Crippen LogP contribution in [0.3, 0.4) is 0 Å². The Morgan fingerprint density at radius 3 is 2.54 bits per heavy atom. The molecule has 28 heavy (non-hydrogen) atoms. The lowest BCUT2D eigenvalue weighted by Crippen LogP contribution is -2.48. The van der Waals surface area contributed by atoms with Gasteiger partial charge in [0, 0.05) is 51.8 Å². The molecule has 6 nitrogen and oxygen atoms in total. The normalized spacial score (nSPS) is 22.5. The third kappa shape index (κ3) is 5.75. The average Bonchev–Trinajstić information content (AvgIpc) is 2.90. The molecule has 0 aliphatic carbocycles. The second-order valence-electron chi connectivity index (χ2n) is 8.14. The van der Waals surface area contributed by atoms with Crippen LogP contribution in [-0.2, 0) is 16.1 Å². The fourth-order valence-electron chi connectivity index (χ4n) is 4.16. The van der Waals surface area contributed by atoms with Crippen LogP contribution in [0.15, 0.2) is 5.38 Å². The molecule has 0 N–H and O–H groups in total. The highest BCUT2D eigenvalue weighted by Crippen LogP contribution is 2.22. The predicted molar refractivity (Wildman–Crippen MR) is 114 cm³/mol. The van der Waals surface area contributed by atoms with Gasteiger partial charge in [0.25, 0.3) is 0 Å². The number of aromatic nitrogens is 1. The molecule has 2 aliphatic rings. The van der Waals surface area contributed by atoms with E-state index in [0.29, 0.717) is 5.91 Å². The monoisotopic (exact) mass is 408 g/mol. The van der Waals surface area contributed by atoms with Gasteiger partial charge in [0.05, 0.1) is 11.7 Å². The summed E-state index contributed by atoms with van der Waals surface area (Å²) in [6.07, 6.45) is 6.00. The third-order valence-electron chi connectivity index (χ3n) is 6.10. The Hall–Kier alpha value is -1.02. The van der Waals surface area contributed by atoms with Gasteiger partial charge in [-0.1, -0.05) is 12.8 Å². The second kappa shape index (κ2) is 10.7. The molecule has 7 heteroatoms. The maximum absolute atomic E-state index is 13.0. The molecule has 0 spiro atoms. The van der Waals surface area contributed by atoms with Crippen molar-refractivity contribution in [3.8, 4) is 0 Å². The number of rotatable bonds is 6. The van der Waals surface area contributed by atoms with Crippen molar-refractivity contribution in [1.29, 1.82) is 0 Å². The van der Waals surface area contributed by atoms with Crippen LogP contribution in [0, 0.1) is 0 Å². The number of ether oxygens (including phenoxy) is 1. The van der Waals surface area contributed by atoms with E-state index in [1.165, 1.54) is 12.8 Å². The number of hydrogen-bond acceptors (Lipinski definition) is 6. The zero-order valence-corrected chi connectivity index (χ0v) is 18.5. The van der Waals surface area contributed by atoms with Crippen LogP contribution in [-0.4, -0.2) is 78.0 Å². The summed E-state index contributed by atoms with van der Waals surface area (Å²) in [5, 5.41) is 3.20. The van der Waals surface area contributed by atoms with Crippen LogP contribution in [0.25, 0.3) is 0 Å². The Morgan fingerprint density at radius 2 is 1.82 bits per heavy atom. The summed E-state index contributed by atoms with van der Waals surface area (Å²) in [7, 11) is 1.73. The maximum atomic E-state index is 13.0. The minimum Gasteiger partial charge on any atom is -0.375 e. The van der Waals surface area contributed by atoms with Gasteiger partial charge in [-0.15, -0.1) is 11.3 Å². The van der Waals surface area contributed by atoms with E-state index < -0.39 is 0 Å². The number of carbonyl (C=O) groups excluding carboxylic acids is 1. The molecule has 3 heterocycles. The van der Waals surface area contributed by atoms with Crippen LogP contribution < -0.4 is 0 Å². The first-order valence-electron chi connectivity index (χ1n) is 10.8. The molecule has 1 aromatic rings. The summed E-state index contributed by atoms with van der Waals surface area (Å²) in [5.41, 5.74) is 1.13. The summed E-state index contributed by atoms with van der Waals surface area (Å²) in [6, 6.07) is -0.00789. The molecular formula is C21H36N4O2S. The van der Waals surface area contributed by atoms with Crippen molar-refractivity contribution in [3.05, 3.63) is 16.1 Å². The lowest BCUT2D eigenvalue weighted by Gasteiger charge is -2.31. The van der Waals surface area contributed by atoms with Gasteiger partial charge >= 0.3 is 0 Å². The number of likely N-dealkylation sites (tertiary alicyclic amines) is 1. The van der Waals surface area contributed by atoms with Crippen LogP contribution in [0.4, 0.5) is 0 Å². The Morgan fingerprint density at radius 1 is 1.07 bits per heavy atom. The second-order valence-corrected chi connectivity index (χ2v) is 9.03. The van der Waals surface area contributed by atoms with E-state index >= 15 is 0 Å². The summed E-state index contributed by atoms with van der Waals surface area (Å²) >= 11 is 1.68. The lowest BCUT2D eigenvalue weighted by atomic mass is 10.2. The van der Waals surface area contributed by atoms with Crippen molar-refractivity contribution in [2.45, 2.75) is 64.6 Å². The van der Waals surface area contributed by atoms with Gasteiger partial charge in [0.1, 0.15) is 11.1 Å². The van der Waals surface area contributed by atoms with E-state index in [2.05, 4.69) is 27.0 Å². The Kier molecular flexibility index (Phi) is 8.26. The molecule has 2 atom stereocenters. The van der Waals surface area contributed by atoms with Crippen molar-refractivity contribution >= 4 is 17.2 Å². The number of thiazole rings is 1. The highest BCUT2D eigenvalue weighted by Gasteiger charge is 2.28. The van der Waals surface area contributed by atoms with Crippen LogP contribution in [0.2, 0.25) is 0 Å². The average molecular weight is 409 g/mol. The quantitative estimate of drug-likeness (QED) is 0.724. The fraction of sp³-hybridized carbons (Fsp3) is 0.810. The molecule has 1 amide bonds. The van der Waals surface area contributed by atoms with E-state index in [4.69, 9.17) is 9.72 Å². The first-order chi connectivity index (χ1) is 13.6. The van der Waals surface area contributed by atoms with E-state index in [9.17, 15) is 4.79 Å². The van der Waals surface area contributed by atoms with E-state index in [1.807, 2.05) is 6.92 Å². The number of carbonyl (C=O) groups is 1. The van der Waals surface area contributed by atoms with E-state index in [1.54, 1.807) is 18.4 Å². The molecule has 2 aliphatic heterocycles. The third-order valence-corrected chi connectivity index (χ3v) is 7.16. The number of methoxy groups -OCH3 is 1. The van der Waals surface area contributed by atoms with Crippen molar-refractivity contribution < 1.29 is 9.53 Å². The molecular weight excluding hydrogens is 372 g/mol. The first kappa shape index (κ1) is 21.7. The number of amides is 1. The minimum atomic E-state index is -0.00789. The molecule has 2 fully saturated rings. The van der Waals surface area contributed by atoms with Crippen molar-refractivity contribution in [1.82, 2.24) is 19.7 Å². The highest BCUT2D eigenvalue weighted by atomic mass is 32.1. The molecule has 0 saturated carbocycles. The summed E-state index contributed by atoms with van der Waals surface area (Å²) in [6.45, 7) is 10.9. The smallest absolute Gasteiger partial charge is 0.239 e. The Bertz CT molecular complexity index is 615. The van der Waals surface area contributed by atoms with Crippen LogP contribution in [0.1, 0.15) is 62.8 Å². The van der Waals surface area contributed by atoms with Crippen molar-refractivity contribution in [2.75, 3.05) is 46.4 Å². The van der Waals surface area contributed by atoms with Gasteiger partial charge in [-0.3, -0.25) is 14.6 Å². The SMILES string of the molecule is COC(C)c1nc(CN2CCCN(C(C)C(=O)N3CCCCCC3)CC2)cs1. The predicted octanol–water partition coefficient (Wildman–Crippen LogP) is 3.15. The van der Waals surface area contributed by atoms with Crippen LogP contribution in [0.5, 0.6) is 0 Å². The van der Waals surface area contributed by atoms with Gasteiger partial charge in [0.2, 0.25) is 5.91 Å². The van der Waals surface area contributed by atoms with Crippen molar-refractivity contribution in [3.63, 3.8) is 0 Å². The Balaban J connectivity index is 1.51. The standard InChI is InChI=1S/C21H36N4O2S/c1-17(21(26)25-10-6-4-5-7-11-25)24-12-8-9-23(13-14-24)15-19-16-28-20(22-19)18(2)27-3/h16-18H,4-15H2,1-3H3. The van der Waals surface area contributed by atoms with Gasteiger partial charge < -0.3 is 9.64 Å². The number of hydrogen-bond donors (Lipinski definition) is 0. The van der Waals surface area contributed by atoms with Gasteiger partial charge in [-0.25, -0.2) is 4.98 Å². The molecule has 0 radical (unpaired) electrons. The van der Waals surface area contributed by atoms with E-state index in [0.717, 1.165) is 75.8 Å². The zero-order chi connectivity index (χ0) is 19.9. The zero-order valence-electron chi connectivity index (χ0n) is 17.7. The van der Waals surface area contributed by atoms with Crippen LogP contribution >= 0.6 is 11.3 Å². The topological polar surface area (TPSA) is 48.9 Å². The number of nitrogens with zero attached hydrogens (tertiary/aromatic N) is 4. The fourth-order valence-corrected chi connectivity index (χ4v) is 5.00. The van der Waals surface area contributed by atoms with Gasteiger partial charge in [-0.05, 0) is 39.7 Å². The van der Waals surface area contributed by atoms with Gasteiger partial charge in [0.15, 0.2) is 0 Å². The van der Waals surface area contributed by atoms with E-state index in [-0.39, 0.29) is 12.1 Å². The molecule has 3 rings (SSSR count). The largest absolute Gasteiger partial charge is 0.375 e. The van der Waals surface area contributed by atoms with Crippen molar-refractivity contribution in [2.24, 2.45) is 0 Å². The first-order valence-corrected chi connectivity index (χ1v) is 11.7. The lowest BCUT2D eigenvalue weighted by molar-refractivity contribution is -0.136. The summed E-state index contributed by atoms with van der Waals surface area (Å²) in [5.74, 6) is 0.327. The molecule has 0 bridgehead atoms. The molecule has 158 valence electrons. The summed E-state index contributed by atoms with van der Waals surface area (Å²) in [4.78, 5) is 24.7. The molecule has 2 unspecified atom stereocenters. The Labute approximate surface area is 173 Å². The molecule has 0 aromatic carbocycles.